The lowest BCUT2D eigenvalue weighted by Gasteiger charge is -2.48. The summed E-state index contributed by atoms with van der Waals surface area (Å²) in [4.78, 5) is 2.40. The number of ether oxygens (including phenoxy) is 2. The topological polar surface area (TPSA) is 47.7 Å². The Morgan fingerprint density at radius 3 is 2.50 bits per heavy atom. The quantitative estimate of drug-likeness (QED) is 0.857. The minimum absolute atomic E-state index is 0.0212. The minimum atomic E-state index is -0.0212. The van der Waals surface area contributed by atoms with Gasteiger partial charge in [-0.2, -0.15) is 0 Å². The zero-order valence-electron chi connectivity index (χ0n) is 13.1. The largest absolute Gasteiger partial charge is 0.378 e. The van der Waals surface area contributed by atoms with Gasteiger partial charge in [-0.3, -0.25) is 0 Å². The number of hydrogen-bond donors (Lipinski definition) is 1. The minimum Gasteiger partial charge on any atom is -0.378 e. The summed E-state index contributed by atoms with van der Waals surface area (Å²) in [6.07, 6.45) is 8.39. The first-order valence-corrected chi connectivity index (χ1v) is 8.23. The van der Waals surface area contributed by atoms with Gasteiger partial charge in [-0.25, -0.2) is 0 Å². The van der Waals surface area contributed by atoms with E-state index in [0.29, 0.717) is 5.92 Å². The zero-order valence-corrected chi connectivity index (χ0v) is 13.1. The van der Waals surface area contributed by atoms with Gasteiger partial charge in [-0.1, -0.05) is 12.8 Å². The third-order valence-corrected chi connectivity index (χ3v) is 6.09. The molecule has 3 rings (SSSR count). The van der Waals surface area contributed by atoms with Crippen LogP contribution < -0.4 is 5.73 Å². The highest BCUT2D eigenvalue weighted by Gasteiger charge is 2.49. The SMILES string of the molecule is CN(C)C1(C(N)C2CCOC3(CCOC3)C2)CCCC1. The molecule has 1 aliphatic carbocycles. The second kappa shape index (κ2) is 5.56. The molecule has 1 saturated carbocycles. The third-order valence-electron chi connectivity index (χ3n) is 6.09. The maximum Gasteiger partial charge on any atom is 0.0939 e. The van der Waals surface area contributed by atoms with E-state index in [2.05, 4.69) is 19.0 Å². The summed E-state index contributed by atoms with van der Waals surface area (Å²) in [7, 11) is 4.41. The summed E-state index contributed by atoms with van der Waals surface area (Å²) in [6, 6.07) is 0.265. The van der Waals surface area contributed by atoms with Crippen molar-refractivity contribution in [3.8, 4) is 0 Å². The molecule has 2 saturated heterocycles. The first-order chi connectivity index (χ1) is 9.58. The fourth-order valence-electron chi connectivity index (χ4n) is 4.74. The fourth-order valence-corrected chi connectivity index (χ4v) is 4.74. The van der Waals surface area contributed by atoms with E-state index in [4.69, 9.17) is 15.2 Å². The van der Waals surface area contributed by atoms with Crippen LogP contribution in [0.5, 0.6) is 0 Å². The van der Waals surface area contributed by atoms with Gasteiger partial charge in [0.1, 0.15) is 0 Å². The number of hydrogen-bond acceptors (Lipinski definition) is 4. The summed E-state index contributed by atoms with van der Waals surface area (Å²) >= 11 is 0. The molecule has 0 radical (unpaired) electrons. The Morgan fingerprint density at radius 1 is 1.15 bits per heavy atom. The molecular weight excluding hydrogens is 252 g/mol. The first-order valence-electron chi connectivity index (χ1n) is 8.23. The Balaban J connectivity index is 1.74. The highest BCUT2D eigenvalue weighted by atomic mass is 16.6. The summed E-state index contributed by atoms with van der Waals surface area (Å²) < 4.78 is 11.7. The summed E-state index contributed by atoms with van der Waals surface area (Å²) in [6.45, 7) is 2.47. The highest BCUT2D eigenvalue weighted by Crippen LogP contribution is 2.44. The van der Waals surface area contributed by atoms with E-state index in [9.17, 15) is 0 Å². The molecule has 0 aromatic heterocycles. The molecule has 116 valence electrons. The maximum atomic E-state index is 6.80. The molecule has 2 N–H and O–H groups in total. The smallest absolute Gasteiger partial charge is 0.0939 e. The van der Waals surface area contributed by atoms with Crippen molar-refractivity contribution in [2.75, 3.05) is 33.9 Å². The molecule has 0 aromatic rings. The first kappa shape index (κ1) is 14.8. The van der Waals surface area contributed by atoms with Crippen LogP contribution in [-0.2, 0) is 9.47 Å². The molecule has 3 unspecified atom stereocenters. The number of rotatable bonds is 3. The predicted octanol–water partition coefficient (Wildman–Crippen LogP) is 1.77. The van der Waals surface area contributed by atoms with Crippen LogP contribution in [0.3, 0.4) is 0 Å². The van der Waals surface area contributed by atoms with E-state index >= 15 is 0 Å². The van der Waals surface area contributed by atoms with E-state index in [1.807, 2.05) is 0 Å². The average Bonchev–Trinajstić information content (AvgIpc) is 3.08. The Kier molecular flexibility index (Phi) is 4.10. The van der Waals surface area contributed by atoms with Crippen molar-refractivity contribution < 1.29 is 9.47 Å². The molecule has 3 aliphatic rings. The van der Waals surface area contributed by atoms with Crippen molar-refractivity contribution >= 4 is 0 Å². The van der Waals surface area contributed by atoms with Crippen molar-refractivity contribution in [3.63, 3.8) is 0 Å². The number of likely N-dealkylation sites (N-methyl/N-ethyl adjacent to an activating group) is 1. The molecule has 2 heterocycles. The van der Waals surface area contributed by atoms with Crippen molar-refractivity contribution in [2.24, 2.45) is 11.7 Å². The van der Waals surface area contributed by atoms with Crippen molar-refractivity contribution in [1.82, 2.24) is 4.90 Å². The molecule has 0 bridgehead atoms. The molecule has 0 amide bonds. The Morgan fingerprint density at radius 2 is 1.90 bits per heavy atom. The second-order valence-electron chi connectivity index (χ2n) is 7.32. The predicted molar refractivity (Wildman–Crippen MR) is 79.7 cm³/mol. The molecule has 20 heavy (non-hydrogen) atoms. The van der Waals surface area contributed by atoms with Crippen molar-refractivity contribution in [1.29, 1.82) is 0 Å². The number of nitrogens with two attached hydrogens (primary N) is 1. The molecule has 4 nitrogen and oxygen atoms in total. The van der Waals surface area contributed by atoms with Gasteiger partial charge in [0.05, 0.1) is 12.2 Å². The van der Waals surface area contributed by atoms with Crippen LogP contribution >= 0.6 is 0 Å². The Labute approximate surface area is 123 Å². The monoisotopic (exact) mass is 282 g/mol. The molecule has 1 spiro atoms. The lowest BCUT2D eigenvalue weighted by molar-refractivity contribution is -0.108. The van der Waals surface area contributed by atoms with Crippen LogP contribution in [0.1, 0.15) is 44.9 Å². The van der Waals surface area contributed by atoms with Gasteiger partial charge >= 0.3 is 0 Å². The summed E-state index contributed by atoms with van der Waals surface area (Å²) in [5.41, 5.74) is 6.99. The second-order valence-corrected chi connectivity index (χ2v) is 7.32. The third kappa shape index (κ3) is 2.41. The molecule has 0 aromatic carbocycles. The molecule has 3 fully saturated rings. The van der Waals surface area contributed by atoms with Crippen LogP contribution in [0.4, 0.5) is 0 Å². The van der Waals surface area contributed by atoms with Gasteiger partial charge in [0.25, 0.3) is 0 Å². The van der Waals surface area contributed by atoms with Crippen LogP contribution in [0.2, 0.25) is 0 Å². The Bertz CT molecular complexity index is 333. The van der Waals surface area contributed by atoms with Gasteiger partial charge in [-0.05, 0) is 45.7 Å². The fraction of sp³-hybridized carbons (Fsp3) is 1.00. The highest BCUT2D eigenvalue weighted by molar-refractivity contribution is 5.05. The van der Waals surface area contributed by atoms with E-state index in [0.717, 1.165) is 39.1 Å². The van der Waals surface area contributed by atoms with E-state index in [1.54, 1.807) is 0 Å². The van der Waals surface area contributed by atoms with Crippen LogP contribution in [0.25, 0.3) is 0 Å². The summed E-state index contributed by atoms with van der Waals surface area (Å²) in [5, 5.41) is 0. The van der Waals surface area contributed by atoms with Gasteiger partial charge in [-0.15, -0.1) is 0 Å². The molecule has 2 aliphatic heterocycles. The van der Waals surface area contributed by atoms with E-state index in [1.165, 1.54) is 25.7 Å². The van der Waals surface area contributed by atoms with E-state index < -0.39 is 0 Å². The van der Waals surface area contributed by atoms with E-state index in [-0.39, 0.29) is 17.2 Å². The van der Waals surface area contributed by atoms with Crippen LogP contribution in [0.15, 0.2) is 0 Å². The van der Waals surface area contributed by atoms with Gasteiger partial charge < -0.3 is 20.1 Å². The zero-order chi connectivity index (χ0) is 14.2. The standard InChI is InChI=1S/C16H30N2O2/c1-18(2)16(6-3-4-7-16)14(17)13-5-9-20-15(11-13)8-10-19-12-15/h13-14H,3-12,17H2,1-2H3. The normalized spacial score (nSPS) is 38.7. The number of nitrogens with zero attached hydrogens (tertiary/aromatic N) is 1. The molecular formula is C16H30N2O2. The molecule has 3 atom stereocenters. The van der Waals surface area contributed by atoms with Gasteiger partial charge in [0.15, 0.2) is 0 Å². The maximum absolute atomic E-state index is 6.80. The average molecular weight is 282 g/mol. The van der Waals surface area contributed by atoms with Gasteiger partial charge in [0.2, 0.25) is 0 Å². The Hall–Kier alpha value is -0.160. The lowest BCUT2D eigenvalue weighted by Crippen LogP contribution is -2.60. The van der Waals surface area contributed by atoms with Crippen molar-refractivity contribution in [3.05, 3.63) is 0 Å². The lowest BCUT2D eigenvalue weighted by atomic mass is 9.73. The van der Waals surface area contributed by atoms with Crippen molar-refractivity contribution in [2.45, 2.75) is 62.1 Å². The van der Waals surface area contributed by atoms with Crippen LogP contribution in [0, 0.1) is 5.92 Å². The summed E-state index contributed by atoms with van der Waals surface area (Å²) in [5.74, 6) is 0.575. The van der Waals surface area contributed by atoms with Crippen LogP contribution in [-0.4, -0.2) is 56.0 Å². The van der Waals surface area contributed by atoms with Gasteiger partial charge in [0, 0.05) is 31.2 Å². The molecule has 4 heteroatoms.